The fourth-order valence-corrected chi connectivity index (χ4v) is 5.09. The van der Waals surface area contributed by atoms with Crippen LogP contribution < -0.4 is 4.74 Å². The topological polar surface area (TPSA) is 29.5 Å². The zero-order valence-corrected chi connectivity index (χ0v) is 21.7. The fraction of sp³-hybridized carbons (Fsp3) is 0.724. The highest BCUT2D eigenvalue weighted by molar-refractivity contribution is 5.58. The van der Waals surface area contributed by atoms with Crippen molar-refractivity contribution in [2.24, 2.45) is 17.8 Å². The van der Waals surface area contributed by atoms with Crippen molar-refractivity contribution in [1.29, 1.82) is 0 Å². The summed E-state index contributed by atoms with van der Waals surface area (Å²) in [5.74, 6) is 3.66. The van der Waals surface area contributed by atoms with E-state index in [0.717, 1.165) is 60.0 Å². The Hall–Kier alpha value is -1.44. The van der Waals surface area contributed by atoms with Crippen LogP contribution in [0.3, 0.4) is 0 Å². The first-order chi connectivity index (χ1) is 14.4. The lowest BCUT2D eigenvalue weighted by molar-refractivity contribution is 0.0490. The molecule has 1 heterocycles. The van der Waals surface area contributed by atoms with Crippen molar-refractivity contribution >= 4 is 0 Å². The number of allylic oxidation sites excluding steroid dienone is 1. The normalized spacial score (nSPS) is 20.3. The second-order valence-electron chi connectivity index (χ2n) is 11.2. The maximum Gasteiger partial charge on any atom is 0.127 e. The molecule has 0 aromatic heterocycles. The molecule has 31 heavy (non-hydrogen) atoms. The molecule has 1 aromatic rings. The van der Waals surface area contributed by atoms with Crippen LogP contribution in [0.2, 0.25) is 0 Å². The van der Waals surface area contributed by atoms with Crippen molar-refractivity contribution in [1.82, 2.24) is 0 Å². The molecule has 0 spiro atoms. The van der Waals surface area contributed by atoms with Gasteiger partial charge in [-0.25, -0.2) is 0 Å². The van der Waals surface area contributed by atoms with Gasteiger partial charge in [-0.2, -0.15) is 0 Å². The Bertz CT molecular complexity index is 761. The average molecular weight is 429 g/mol. The number of phenolic OH excluding ortho intramolecular Hbond substituents is 1. The van der Waals surface area contributed by atoms with E-state index in [4.69, 9.17) is 4.74 Å². The minimum absolute atomic E-state index is 0.135. The molecular weight excluding hydrogens is 380 g/mol. The lowest BCUT2D eigenvalue weighted by Gasteiger charge is -2.39. The van der Waals surface area contributed by atoms with E-state index in [1.165, 1.54) is 43.2 Å². The summed E-state index contributed by atoms with van der Waals surface area (Å²) in [5.41, 5.74) is 5.42. The van der Waals surface area contributed by atoms with Crippen molar-refractivity contribution in [3.8, 4) is 11.5 Å². The van der Waals surface area contributed by atoms with Crippen LogP contribution in [0.25, 0.3) is 0 Å². The Balaban J connectivity index is 1.96. The molecule has 176 valence electrons. The molecule has 2 rings (SSSR count). The molecule has 1 aromatic carbocycles. The lowest BCUT2D eigenvalue weighted by atomic mass is 9.81. The minimum atomic E-state index is -0.135. The van der Waals surface area contributed by atoms with E-state index in [2.05, 4.69) is 48.1 Å². The third-order valence-corrected chi connectivity index (χ3v) is 7.80. The summed E-state index contributed by atoms with van der Waals surface area (Å²) in [6.45, 7) is 21.9. The van der Waals surface area contributed by atoms with Gasteiger partial charge in [0.1, 0.15) is 17.1 Å². The van der Waals surface area contributed by atoms with Crippen molar-refractivity contribution in [2.75, 3.05) is 0 Å². The van der Waals surface area contributed by atoms with Gasteiger partial charge in [-0.05, 0) is 101 Å². The van der Waals surface area contributed by atoms with Crippen molar-refractivity contribution in [3.63, 3.8) is 0 Å². The second-order valence-corrected chi connectivity index (χ2v) is 11.2. The number of aromatic hydroxyl groups is 1. The van der Waals surface area contributed by atoms with Gasteiger partial charge in [0.15, 0.2) is 0 Å². The third-order valence-electron chi connectivity index (χ3n) is 7.80. The number of phenols is 1. The van der Waals surface area contributed by atoms with E-state index >= 15 is 0 Å². The van der Waals surface area contributed by atoms with Gasteiger partial charge in [0, 0.05) is 5.56 Å². The number of hydrogen-bond donors (Lipinski definition) is 1. The standard InChI is InChI=1S/C29H48O2/c1-19(2)11-10-12-21(5)13-14-25(20(3)4)15-17-29(9)18-16-26-24(8)27(30)22(6)23(7)28(26)31-29/h19,21,25,30H,3,10-18H2,1-2,4-9H3. The number of benzene rings is 1. The van der Waals surface area contributed by atoms with Crippen LogP contribution in [-0.4, -0.2) is 10.7 Å². The van der Waals surface area contributed by atoms with Crippen LogP contribution in [0.15, 0.2) is 12.2 Å². The monoisotopic (exact) mass is 428 g/mol. The Morgan fingerprint density at radius 2 is 1.68 bits per heavy atom. The molecule has 0 saturated carbocycles. The smallest absolute Gasteiger partial charge is 0.127 e. The maximum atomic E-state index is 10.4. The molecule has 1 aliphatic heterocycles. The molecule has 1 N–H and O–H groups in total. The second kappa shape index (κ2) is 10.9. The van der Waals surface area contributed by atoms with Gasteiger partial charge in [0.25, 0.3) is 0 Å². The zero-order chi connectivity index (χ0) is 23.3. The molecular formula is C29H48O2. The van der Waals surface area contributed by atoms with E-state index < -0.39 is 0 Å². The highest BCUT2D eigenvalue weighted by atomic mass is 16.5. The van der Waals surface area contributed by atoms with Crippen LogP contribution in [0.4, 0.5) is 0 Å². The molecule has 2 nitrogen and oxygen atoms in total. The molecule has 0 bridgehead atoms. The fourth-order valence-electron chi connectivity index (χ4n) is 5.09. The summed E-state index contributed by atoms with van der Waals surface area (Å²) >= 11 is 0. The molecule has 0 aliphatic carbocycles. The Labute approximate surface area is 192 Å². The number of fused-ring (bicyclic) bond motifs is 1. The molecule has 0 amide bonds. The number of rotatable bonds is 11. The summed E-state index contributed by atoms with van der Waals surface area (Å²) in [5, 5.41) is 10.4. The third kappa shape index (κ3) is 6.77. The van der Waals surface area contributed by atoms with Gasteiger partial charge in [-0.15, -0.1) is 0 Å². The van der Waals surface area contributed by atoms with E-state index in [1.807, 2.05) is 13.8 Å². The van der Waals surface area contributed by atoms with Gasteiger partial charge in [-0.3, -0.25) is 0 Å². The molecule has 0 radical (unpaired) electrons. The lowest BCUT2D eigenvalue weighted by Crippen LogP contribution is -2.37. The summed E-state index contributed by atoms with van der Waals surface area (Å²) in [7, 11) is 0. The predicted molar refractivity (Wildman–Crippen MR) is 134 cm³/mol. The van der Waals surface area contributed by atoms with Crippen LogP contribution in [-0.2, 0) is 6.42 Å². The SMILES string of the molecule is C=C(C)C(CCC(C)CCCC(C)C)CCC1(C)CCc2c(C)c(O)c(C)c(C)c2O1. The first kappa shape index (κ1) is 25.8. The first-order valence-electron chi connectivity index (χ1n) is 12.6. The average Bonchev–Trinajstić information content (AvgIpc) is 2.70. The van der Waals surface area contributed by atoms with Gasteiger partial charge in [0.05, 0.1) is 0 Å². The van der Waals surface area contributed by atoms with Gasteiger partial charge in [-0.1, -0.05) is 58.6 Å². The molecule has 1 aliphatic rings. The van der Waals surface area contributed by atoms with Crippen LogP contribution in [0, 0.1) is 38.5 Å². The van der Waals surface area contributed by atoms with Gasteiger partial charge in [0.2, 0.25) is 0 Å². The first-order valence-corrected chi connectivity index (χ1v) is 12.6. The van der Waals surface area contributed by atoms with Gasteiger partial charge >= 0.3 is 0 Å². The van der Waals surface area contributed by atoms with Gasteiger partial charge < -0.3 is 9.84 Å². The predicted octanol–water partition coefficient (Wildman–Crippen LogP) is 8.62. The Morgan fingerprint density at radius 3 is 2.29 bits per heavy atom. The maximum absolute atomic E-state index is 10.4. The molecule has 3 atom stereocenters. The number of ether oxygens (including phenoxy) is 1. The summed E-state index contributed by atoms with van der Waals surface area (Å²) in [6, 6.07) is 0. The van der Waals surface area contributed by atoms with Crippen LogP contribution >= 0.6 is 0 Å². The Kier molecular flexibility index (Phi) is 9.10. The highest BCUT2D eigenvalue weighted by Crippen LogP contribution is 2.45. The summed E-state index contributed by atoms with van der Waals surface area (Å²) in [4.78, 5) is 0. The van der Waals surface area contributed by atoms with Crippen molar-refractivity contribution in [2.45, 2.75) is 119 Å². The number of hydrogen-bond acceptors (Lipinski definition) is 2. The Morgan fingerprint density at radius 1 is 1.00 bits per heavy atom. The van der Waals surface area contributed by atoms with Crippen molar-refractivity contribution in [3.05, 3.63) is 34.4 Å². The molecule has 0 saturated heterocycles. The summed E-state index contributed by atoms with van der Waals surface area (Å²) in [6.07, 6.45) is 10.8. The zero-order valence-electron chi connectivity index (χ0n) is 21.7. The quantitative estimate of drug-likeness (QED) is 0.357. The molecule has 3 unspecified atom stereocenters. The van der Waals surface area contributed by atoms with E-state index in [1.54, 1.807) is 0 Å². The van der Waals surface area contributed by atoms with Crippen LogP contribution in [0.1, 0.15) is 108 Å². The minimum Gasteiger partial charge on any atom is -0.507 e. The largest absolute Gasteiger partial charge is 0.507 e. The van der Waals surface area contributed by atoms with E-state index in [-0.39, 0.29) is 5.60 Å². The van der Waals surface area contributed by atoms with Crippen molar-refractivity contribution < 1.29 is 9.84 Å². The molecule has 0 fully saturated rings. The van der Waals surface area contributed by atoms with Crippen LogP contribution in [0.5, 0.6) is 11.5 Å². The summed E-state index contributed by atoms with van der Waals surface area (Å²) < 4.78 is 6.66. The molecule has 2 heteroatoms. The van der Waals surface area contributed by atoms with E-state index in [0.29, 0.717) is 11.7 Å². The highest BCUT2D eigenvalue weighted by Gasteiger charge is 2.35. The van der Waals surface area contributed by atoms with E-state index in [9.17, 15) is 5.11 Å².